The molecule has 0 spiro atoms. The van der Waals surface area contributed by atoms with Crippen LogP contribution in [0.25, 0.3) is 11.3 Å². The van der Waals surface area contributed by atoms with E-state index in [2.05, 4.69) is 10.5 Å². The molecule has 100 valence electrons. The lowest BCUT2D eigenvalue weighted by atomic mass is 9.95. The molecule has 4 heteroatoms. The summed E-state index contributed by atoms with van der Waals surface area (Å²) in [4.78, 5) is -0.369. The van der Waals surface area contributed by atoms with E-state index in [9.17, 15) is 0 Å². The van der Waals surface area contributed by atoms with E-state index in [0.29, 0.717) is 5.88 Å². The maximum Gasteiger partial charge on any atom is 0.226 e. The van der Waals surface area contributed by atoms with Gasteiger partial charge in [-0.2, -0.15) is 0 Å². The molecule has 1 aromatic carbocycles. The topological polar surface area (TPSA) is 38.1 Å². The first-order chi connectivity index (χ1) is 9.25. The van der Waals surface area contributed by atoms with Crippen molar-refractivity contribution in [1.82, 2.24) is 5.16 Å². The second-order valence-corrected chi connectivity index (χ2v) is 5.82. The van der Waals surface area contributed by atoms with E-state index < -0.39 is 0 Å². The minimum absolute atomic E-state index is 0.369. The lowest BCUT2D eigenvalue weighted by Gasteiger charge is -2.31. The van der Waals surface area contributed by atoms with Crippen molar-refractivity contribution >= 4 is 17.5 Å². The van der Waals surface area contributed by atoms with Gasteiger partial charge in [-0.15, -0.1) is 0 Å². The molecule has 0 unspecified atom stereocenters. The number of aromatic nitrogens is 1. The summed E-state index contributed by atoms with van der Waals surface area (Å²) in [6, 6.07) is 11.9. The number of alkyl halides is 1. The Morgan fingerprint density at radius 2 is 1.84 bits per heavy atom. The minimum Gasteiger partial charge on any atom is -0.338 e. The molecule has 1 saturated carbocycles. The molecule has 1 aromatic heterocycles. The fraction of sp³-hybridized carbons (Fsp3) is 0.400. The fourth-order valence-corrected chi connectivity index (χ4v) is 2.90. The number of halogens is 1. The second-order valence-electron chi connectivity index (χ2n) is 5.09. The van der Waals surface area contributed by atoms with Crippen LogP contribution in [-0.2, 0) is 0 Å². The highest BCUT2D eigenvalue weighted by atomic mass is 35.5. The lowest BCUT2D eigenvalue weighted by molar-refractivity contribution is 0.390. The average molecular weight is 277 g/mol. The van der Waals surface area contributed by atoms with Crippen LogP contribution in [0.5, 0.6) is 0 Å². The normalized spacial score (nSPS) is 18.2. The van der Waals surface area contributed by atoms with Gasteiger partial charge in [-0.3, -0.25) is 0 Å². The van der Waals surface area contributed by atoms with Gasteiger partial charge in [0.05, 0.1) is 0 Å². The van der Waals surface area contributed by atoms with Crippen molar-refractivity contribution < 1.29 is 4.52 Å². The van der Waals surface area contributed by atoms with Gasteiger partial charge in [0.2, 0.25) is 5.88 Å². The Morgan fingerprint density at radius 3 is 2.58 bits per heavy atom. The summed E-state index contributed by atoms with van der Waals surface area (Å²) >= 11 is 6.57. The molecule has 19 heavy (non-hydrogen) atoms. The van der Waals surface area contributed by atoms with Gasteiger partial charge in [0.1, 0.15) is 10.7 Å². The second kappa shape index (κ2) is 5.25. The van der Waals surface area contributed by atoms with E-state index in [4.69, 9.17) is 16.1 Å². The third-order valence-electron chi connectivity index (χ3n) is 3.57. The summed E-state index contributed by atoms with van der Waals surface area (Å²) in [5.74, 6) is 0.649. The Balaban J connectivity index is 1.75. The zero-order valence-corrected chi connectivity index (χ0v) is 11.5. The van der Waals surface area contributed by atoms with Crippen molar-refractivity contribution in [2.24, 2.45) is 0 Å². The van der Waals surface area contributed by atoms with Crippen molar-refractivity contribution in [2.45, 2.75) is 37.1 Å². The van der Waals surface area contributed by atoms with Crippen molar-refractivity contribution in [3.63, 3.8) is 0 Å². The van der Waals surface area contributed by atoms with Gasteiger partial charge in [-0.1, -0.05) is 53.5 Å². The van der Waals surface area contributed by atoms with Crippen molar-refractivity contribution in [3.05, 3.63) is 36.4 Å². The molecule has 0 bridgehead atoms. The summed E-state index contributed by atoms with van der Waals surface area (Å²) < 4.78 is 5.34. The van der Waals surface area contributed by atoms with E-state index in [0.717, 1.165) is 36.9 Å². The summed E-state index contributed by atoms with van der Waals surface area (Å²) in [6.07, 6.45) is 5.53. The van der Waals surface area contributed by atoms with Crippen molar-refractivity contribution in [2.75, 3.05) is 5.32 Å². The van der Waals surface area contributed by atoms with E-state index in [1.165, 1.54) is 6.42 Å². The number of anilines is 1. The zero-order valence-electron chi connectivity index (χ0n) is 10.7. The van der Waals surface area contributed by atoms with Crippen LogP contribution in [0, 0.1) is 0 Å². The number of nitrogens with zero attached hydrogens (tertiary/aromatic N) is 1. The van der Waals surface area contributed by atoms with Crippen LogP contribution >= 0.6 is 11.6 Å². The van der Waals surface area contributed by atoms with Gasteiger partial charge in [0.15, 0.2) is 0 Å². The maximum absolute atomic E-state index is 6.57. The predicted octanol–water partition coefficient (Wildman–Crippen LogP) is 4.65. The molecule has 1 N–H and O–H groups in total. The number of rotatable bonds is 3. The number of benzene rings is 1. The Kier molecular flexibility index (Phi) is 3.47. The molecule has 0 aliphatic heterocycles. The summed E-state index contributed by atoms with van der Waals surface area (Å²) in [6.45, 7) is 0. The van der Waals surface area contributed by atoms with Gasteiger partial charge >= 0.3 is 0 Å². The third kappa shape index (κ3) is 2.92. The van der Waals surface area contributed by atoms with E-state index >= 15 is 0 Å². The molecule has 0 radical (unpaired) electrons. The number of nitrogens with one attached hydrogen (secondary N) is 1. The highest BCUT2D eigenvalue weighted by Gasteiger charge is 2.30. The van der Waals surface area contributed by atoms with Crippen LogP contribution in [-0.4, -0.2) is 10.2 Å². The molecule has 1 aliphatic rings. The summed E-state index contributed by atoms with van der Waals surface area (Å²) in [7, 11) is 0. The molecule has 1 heterocycles. The van der Waals surface area contributed by atoms with Crippen LogP contribution in [0.15, 0.2) is 40.9 Å². The minimum atomic E-state index is -0.369. The Labute approximate surface area is 117 Å². The molecule has 3 rings (SSSR count). The standard InChI is InChI=1S/C15H17ClN2O/c16-15(9-5-2-6-10-15)17-14-11-13(18-19-14)12-7-3-1-4-8-12/h1,3-4,7-8,11,17H,2,5-6,9-10H2. The maximum atomic E-state index is 6.57. The quantitative estimate of drug-likeness (QED) is 0.655. The molecule has 0 saturated heterocycles. The molecule has 0 atom stereocenters. The van der Waals surface area contributed by atoms with Gasteiger partial charge < -0.3 is 9.84 Å². The van der Waals surface area contributed by atoms with Gasteiger partial charge in [0, 0.05) is 11.6 Å². The monoisotopic (exact) mass is 276 g/mol. The number of hydrogen-bond acceptors (Lipinski definition) is 3. The Hall–Kier alpha value is -1.48. The molecule has 3 nitrogen and oxygen atoms in total. The summed E-state index contributed by atoms with van der Waals surface area (Å²) in [5, 5.41) is 7.37. The molecular formula is C15H17ClN2O. The smallest absolute Gasteiger partial charge is 0.226 e. The van der Waals surface area contributed by atoms with E-state index in [1.807, 2.05) is 36.4 Å². The van der Waals surface area contributed by atoms with Crippen LogP contribution in [0.1, 0.15) is 32.1 Å². The largest absolute Gasteiger partial charge is 0.338 e. The van der Waals surface area contributed by atoms with E-state index in [1.54, 1.807) is 0 Å². The molecule has 0 amide bonds. The lowest BCUT2D eigenvalue weighted by Crippen LogP contribution is -2.33. The Morgan fingerprint density at radius 1 is 1.11 bits per heavy atom. The molecule has 1 fully saturated rings. The predicted molar refractivity (Wildman–Crippen MR) is 77.2 cm³/mol. The third-order valence-corrected chi connectivity index (χ3v) is 4.05. The van der Waals surface area contributed by atoms with Crippen LogP contribution in [0.3, 0.4) is 0 Å². The van der Waals surface area contributed by atoms with Crippen LogP contribution in [0.4, 0.5) is 5.88 Å². The van der Waals surface area contributed by atoms with Crippen molar-refractivity contribution in [3.8, 4) is 11.3 Å². The van der Waals surface area contributed by atoms with E-state index in [-0.39, 0.29) is 5.00 Å². The SMILES string of the molecule is ClC1(Nc2cc(-c3ccccc3)no2)CCCCC1. The Bertz CT molecular complexity index is 532. The molecule has 2 aromatic rings. The highest BCUT2D eigenvalue weighted by Crippen LogP contribution is 2.35. The molecular weight excluding hydrogens is 260 g/mol. The fourth-order valence-electron chi connectivity index (χ4n) is 2.54. The zero-order chi connectivity index (χ0) is 13.1. The molecule has 1 aliphatic carbocycles. The van der Waals surface area contributed by atoms with Crippen LogP contribution < -0.4 is 5.32 Å². The number of hydrogen-bond donors (Lipinski definition) is 1. The van der Waals surface area contributed by atoms with Crippen molar-refractivity contribution in [1.29, 1.82) is 0 Å². The van der Waals surface area contributed by atoms with Crippen LogP contribution in [0.2, 0.25) is 0 Å². The average Bonchev–Trinajstić information content (AvgIpc) is 2.88. The first kappa shape index (κ1) is 12.5. The van der Waals surface area contributed by atoms with Gasteiger partial charge in [-0.25, -0.2) is 0 Å². The van der Waals surface area contributed by atoms with Gasteiger partial charge in [0.25, 0.3) is 0 Å². The first-order valence-corrected chi connectivity index (χ1v) is 7.12. The first-order valence-electron chi connectivity index (χ1n) is 6.74. The summed E-state index contributed by atoms with van der Waals surface area (Å²) in [5.41, 5.74) is 1.88. The van der Waals surface area contributed by atoms with Gasteiger partial charge in [-0.05, 0) is 25.7 Å². The highest BCUT2D eigenvalue weighted by molar-refractivity contribution is 6.25.